The van der Waals surface area contributed by atoms with Crippen LogP contribution in [0.25, 0.3) is 0 Å². The van der Waals surface area contributed by atoms with Gasteiger partial charge in [-0.25, -0.2) is 4.98 Å². The summed E-state index contributed by atoms with van der Waals surface area (Å²) < 4.78 is 0. The first-order valence-electron chi connectivity index (χ1n) is 7.32. The van der Waals surface area contributed by atoms with Crippen LogP contribution in [0.1, 0.15) is 60.1 Å². The number of nitrogens with zero attached hydrogens (tertiary/aromatic N) is 1. The zero-order chi connectivity index (χ0) is 15.0. The van der Waals surface area contributed by atoms with E-state index in [-0.39, 0.29) is 11.3 Å². The lowest BCUT2D eigenvalue weighted by atomic mass is 9.93. The highest BCUT2D eigenvalue weighted by atomic mass is 32.1. The molecule has 5 heteroatoms. The number of nitrogens with one attached hydrogen (secondary N) is 1. The summed E-state index contributed by atoms with van der Waals surface area (Å²) in [6, 6.07) is 0. The molecule has 0 spiro atoms. The molecule has 0 atom stereocenters. The van der Waals surface area contributed by atoms with Crippen LogP contribution in [-0.2, 0) is 18.3 Å². The fourth-order valence-electron chi connectivity index (χ4n) is 2.52. The minimum absolute atomic E-state index is 0.00999. The van der Waals surface area contributed by atoms with E-state index in [1.165, 1.54) is 34.6 Å². The van der Waals surface area contributed by atoms with Crippen molar-refractivity contribution in [1.82, 2.24) is 4.98 Å². The molecule has 1 aliphatic carbocycles. The molecule has 0 fully saturated rings. The predicted molar refractivity (Wildman–Crippen MR) is 89.7 cm³/mol. The van der Waals surface area contributed by atoms with E-state index in [1.807, 2.05) is 10.8 Å². The van der Waals surface area contributed by atoms with Crippen molar-refractivity contribution < 1.29 is 4.79 Å². The number of fused-ring (bicyclic) bond motifs is 1. The highest BCUT2D eigenvalue weighted by Gasteiger charge is 2.22. The van der Waals surface area contributed by atoms with Gasteiger partial charge in [-0.3, -0.25) is 10.1 Å². The molecule has 3 rings (SSSR count). The van der Waals surface area contributed by atoms with Crippen LogP contribution in [0.2, 0.25) is 0 Å². The molecule has 21 heavy (non-hydrogen) atoms. The minimum atomic E-state index is -0.00999. The smallest absolute Gasteiger partial charge is 0.258 e. The fourth-order valence-corrected chi connectivity index (χ4v) is 4.58. The molecule has 2 heterocycles. The number of hydrogen-bond donors (Lipinski definition) is 1. The summed E-state index contributed by atoms with van der Waals surface area (Å²) in [5, 5.41) is 7.69. The molecule has 1 N–H and O–H groups in total. The Kier molecular flexibility index (Phi) is 3.88. The summed E-state index contributed by atoms with van der Waals surface area (Å²) >= 11 is 3.22. The third-order valence-corrected chi connectivity index (χ3v) is 5.65. The summed E-state index contributed by atoms with van der Waals surface area (Å²) in [6.45, 7) is 6.38. The van der Waals surface area contributed by atoms with Crippen LogP contribution >= 0.6 is 22.7 Å². The molecule has 0 saturated heterocycles. The number of rotatable bonds is 2. The Labute approximate surface area is 133 Å². The lowest BCUT2D eigenvalue weighted by Gasteiger charge is -2.14. The second-order valence-corrected chi connectivity index (χ2v) is 8.32. The molecule has 0 radical (unpaired) electrons. The van der Waals surface area contributed by atoms with Gasteiger partial charge in [-0.2, -0.15) is 0 Å². The molecule has 0 unspecified atom stereocenters. The monoisotopic (exact) mass is 320 g/mol. The maximum absolute atomic E-state index is 12.5. The summed E-state index contributed by atoms with van der Waals surface area (Å²) in [4.78, 5) is 18.4. The maximum Gasteiger partial charge on any atom is 0.258 e. The van der Waals surface area contributed by atoms with E-state index in [0.29, 0.717) is 5.13 Å². The van der Waals surface area contributed by atoms with Gasteiger partial charge in [0.25, 0.3) is 5.91 Å². The van der Waals surface area contributed by atoms with Crippen molar-refractivity contribution >= 4 is 33.7 Å². The predicted octanol–water partition coefficient (Wildman–Crippen LogP) is 4.63. The largest absolute Gasteiger partial charge is 0.298 e. The first-order valence-corrected chi connectivity index (χ1v) is 9.07. The third-order valence-electron chi connectivity index (χ3n) is 3.80. The van der Waals surface area contributed by atoms with Gasteiger partial charge in [0.2, 0.25) is 0 Å². The standard InChI is InChI=1S/C16H20N2OS2/c1-16(2,3)13-9-21-15(17-13)18-14(19)11-8-20-12-7-5-4-6-10(11)12/h8-9H,4-7H2,1-3H3,(H,17,18,19). The zero-order valence-electron chi connectivity index (χ0n) is 12.7. The molecule has 0 saturated carbocycles. The van der Waals surface area contributed by atoms with E-state index in [2.05, 4.69) is 31.1 Å². The van der Waals surface area contributed by atoms with E-state index in [1.54, 1.807) is 11.3 Å². The van der Waals surface area contributed by atoms with Crippen molar-refractivity contribution in [3.05, 3.63) is 32.5 Å². The van der Waals surface area contributed by atoms with Gasteiger partial charge in [-0.05, 0) is 31.2 Å². The van der Waals surface area contributed by atoms with E-state index < -0.39 is 0 Å². The summed E-state index contributed by atoms with van der Waals surface area (Å²) in [5.74, 6) is -0.00999. The minimum Gasteiger partial charge on any atom is -0.298 e. The molecule has 1 aliphatic rings. The average molecular weight is 320 g/mol. The van der Waals surface area contributed by atoms with Gasteiger partial charge in [0.1, 0.15) is 0 Å². The van der Waals surface area contributed by atoms with Crippen molar-refractivity contribution in [1.29, 1.82) is 0 Å². The number of aryl methyl sites for hydroxylation is 1. The van der Waals surface area contributed by atoms with Crippen molar-refractivity contribution in [3.63, 3.8) is 0 Å². The Hall–Kier alpha value is -1.20. The first kappa shape index (κ1) is 14.7. The van der Waals surface area contributed by atoms with E-state index in [4.69, 9.17) is 0 Å². The van der Waals surface area contributed by atoms with E-state index >= 15 is 0 Å². The lowest BCUT2D eigenvalue weighted by molar-refractivity contribution is 0.102. The zero-order valence-corrected chi connectivity index (χ0v) is 14.3. The number of thiazole rings is 1. The van der Waals surface area contributed by atoms with Crippen molar-refractivity contribution in [2.24, 2.45) is 0 Å². The summed E-state index contributed by atoms with van der Waals surface area (Å²) in [5.41, 5.74) is 3.15. The molecule has 2 aromatic rings. The lowest BCUT2D eigenvalue weighted by Crippen LogP contribution is -2.15. The Morgan fingerprint density at radius 2 is 1.95 bits per heavy atom. The number of aromatic nitrogens is 1. The second kappa shape index (κ2) is 5.54. The summed E-state index contributed by atoms with van der Waals surface area (Å²) in [7, 11) is 0. The molecule has 2 aromatic heterocycles. The molecular weight excluding hydrogens is 300 g/mol. The maximum atomic E-state index is 12.5. The van der Waals surface area contributed by atoms with Crippen LogP contribution in [0.4, 0.5) is 5.13 Å². The SMILES string of the molecule is CC(C)(C)c1csc(NC(=O)c2csc3c2CCCC3)n1. The van der Waals surface area contributed by atoms with Gasteiger partial charge in [0.15, 0.2) is 5.13 Å². The molecule has 112 valence electrons. The van der Waals surface area contributed by atoms with E-state index in [0.717, 1.165) is 24.1 Å². The number of carbonyl (C=O) groups is 1. The molecular formula is C16H20N2OS2. The van der Waals surface area contributed by atoms with Crippen molar-refractivity contribution in [2.45, 2.75) is 51.9 Å². The summed E-state index contributed by atoms with van der Waals surface area (Å²) in [6.07, 6.45) is 4.59. The Morgan fingerprint density at radius 3 is 2.67 bits per heavy atom. The Balaban J connectivity index is 1.78. The molecule has 1 amide bonds. The number of thiophene rings is 1. The van der Waals surface area contributed by atoms with Crippen LogP contribution in [0, 0.1) is 0 Å². The first-order chi connectivity index (χ1) is 9.95. The molecule has 3 nitrogen and oxygen atoms in total. The Bertz CT molecular complexity index is 664. The number of anilines is 1. The van der Waals surface area contributed by atoms with Crippen LogP contribution in [0.5, 0.6) is 0 Å². The van der Waals surface area contributed by atoms with Crippen LogP contribution < -0.4 is 5.32 Å². The fraction of sp³-hybridized carbons (Fsp3) is 0.500. The van der Waals surface area contributed by atoms with Crippen LogP contribution in [0.3, 0.4) is 0 Å². The average Bonchev–Trinajstić information content (AvgIpc) is 3.03. The van der Waals surface area contributed by atoms with Crippen LogP contribution in [-0.4, -0.2) is 10.9 Å². The highest BCUT2D eigenvalue weighted by molar-refractivity contribution is 7.14. The van der Waals surface area contributed by atoms with Gasteiger partial charge >= 0.3 is 0 Å². The molecule has 0 aliphatic heterocycles. The number of carbonyl (C=O) groups excluding carboxylic acids is 1. The molecule has 0 aromatic carbocycles. The van der Waals surface area contributed by atoms with Gasteiger partial charge in [0, 0.05) is 21.1 Å². The third kappa shape index (κ3) is 3.04. The Morgan fingerprint density at radius 1 is 1.19 bits per heavy atom. The van der Waals surface area contributed by atoms with Gasteiger partial charge in [-0.1, -0.05) is 20.8 Å². The topological polar surface area (TPSA) is 42.0 Å². The quantitative estimate of drug-likeness (QED) is 0.876. The van der Waals surface area contributed by atoms with E-state index in [9.17, 15) is 4.79 Å². The number of amides is 1. The van der Waals surface area contributed by atoms with Gasteiger partial charge in [-0.15, -0.1) is 22.7 Å². The normalized spacial score (nSPS) is 14.8. The van der Waals surface area contributed by atoms with Gasteiger partial charge < -0.3 is 0 Å². The number of hydrogen-bond acceptors (Lipinski definition) is 4. The highest BCUT2D eigenvalue weighted by Crippen LogP contribution is 2.31. The van der Waals surface area contributed by atoms with Gasteiger partial charge in [0.05, 0.1) is 11.3 Å². The van der Waals surface area contributed by atoms with Crippen LogP contribution in [0.15, 0.2) is 10.8 Å². The second-order valence-electron chi connectivity index (χ2n) is 6.50. The molecule has 0 bridgehead atoms. The van der Waals surface area contributed by atoms with Crippen molar-refractivity contribution in [3.8, 4) is 0 Å². The van der Waals surface area contributed by atoms with Crippen molar-refractivity contribution in [2.75, 3.05) is 5.32 Å².